The zero-order valence-electron chi connectivity index (χ0n) is 11.1. The summed E-state index contributed by atoms with van der Waals surface area (Å²) in [5.41, 5.74) is 0.230. The molecule has 1 fully saturated rings. The summed E-state index contributed by atoms with van der Waals surface area (Å²) in [5, 5.41) is 6.93. The average molecular weight is 228 g/mol. The molecule has 0 bridgehead atoms. The van der Waals surface area contributed by atoms with E-state index in [1.807, 2.05) is 0 Å². The van der Waals surface area contributed by atoms with Crippen molar-refractivity contribution in [3.8, 4) is 0 Å². The van der Waals surface area contributed by atoms with Gasteiger partial charge in [-0.2, -0.15) is 0 Å². The Hall–Kier alpha value is -0.120. The zero-order chi connectivity index (χ0) is 11.9. The third kappa shape index (κ3) is 7.20. The van der Waals surface area contributed by atoms with Gasteiger partial charge < -0.3 is 15.4 Å². The van der Waals surface area contributed by atoms with Crippen molar-refractivity contribution < 1.29 is 4.74 Å². The third-order valence-electron chi connectivity index (χ3n) is 2.87. The van der Waals surface area contributed by atoms with Gasteiger partial charge in [0.1, 0.15) is 0 Å². The summed E-state index contributed by atoms with van der Waals surface area (Å²) >= 11 is 0. The van der Waals surface area contributed by atoms with Crippen molar-refractivity contribution in [2.75, 3.05) is 26.2 Å². The molecule has 0 aromatic heterocycles. The van der Waals surface area contributed by atoms with Crippen LogP contribution in [0.3, 0.4) is 0 Å². The van der Waals surface area contributed by atoms with Crippen LogP contribution in [0, 0.1) is 0 Å². The first-order chi connectivity index (χ1) is 7.58. The van der Waals surface area contributed by atoms with E-state index in [2.05, 4.69) is 31.4 Å². The molecule has 0 saturated carbocycles. The molecule has 16 heavy (non-hydrogen) atoms. The summed E-state index contributed by atoms with van der Waals surface area (Å²) in [7, 11) is 0. The quantitative estimate of drug-likeness (QED) is 0.682. The van der Waals surface area contributed by atoms with Crippen LogP contribution in [-0.4, -0.2) is 37.9 Å². The van der Waals surface area contributed by atoms with Gasteiger partial charge in [0.15, 0.2) is 0 Å². The number of hydrogen-bond acceptors (Lipinski definition) is 3. The normalized spacial score (nSPS) is 22.3. The van der Waals surface area contributed by atoms with E-state index in [-0.39, 0.29) is 5.54 Å². The molecule has 96 valence electrons. The smallest absolute Gasteiger partial charge is 0.0587 e. The summed E-state index contributed by atoms with van der Waals surface area (Å²) in [6, 6.07) is 0. The largest absolute Gasteiger partial charge is 0.378 e. The SMILES string of the molecule is CC(C)(C)NCCNCCC1CCCCO1. The van der Waals surface area contributed by atoms with Crippen molar-refractivity contribution in [2.45, 2.75) is 58.1 Å². The summed E-state index contributed by atoms with van der Waals surface area (Å²) in [6.45, 7) is 10.7. The second kappa shape index (κ2) is 7.25. The molecule has 1 aliphatic rings. The van der Waals surface area contributed by atoms with Crippen molar-refractivity contribution >= 4 is 0 Å². The molecular weight excluding hydrogens is 200 g/mol. The van der Waals surface area contributed by atoms with E-state index in [0.29, 0.717) is 6.10 Å². The van der Waals surface area contributed by atoms with Crippen LogP contribution < -0.4 is 10.6 Å². The third-order valence-corrected chi connectivity index (χ3v) is 2.87. The topological polar surface area (TPSA) is 33.3 Å². The molecule has 1 heterocycles. The van der Waals surface area contributed by atoms with Crippen LogP contribution in [0.15, 0.2) is 0 Å². The first kappa shape index (κ1) is 13.9. The minimum atomic E-state index is 0.230. The van der Waals surface area contributed by atoms with Crippen LogP contribution in [-0.2, 0) is 4.74 Å². The van der Waals surface area contributed by atoms with E-state index in [9.17, 15) is 0 Å². The van der Waals surface area contributed by atoms with E-state index in [1.165, 1.54) is 19.3 Å². The van der Waals surface area contributed by atoms with Gasteiger partial charge in [-0.3, -0.25) is 0 Å². The van der Waals surface area contributed by atoms with E-state index in [0.717, 1.165) is 32.7 Å². The van der Waals surface area contributed by atoms with E-state index in [1.54, 1.807) is 0 Å². The van der Waals surface area contributed by atoms with Crippen molar-refractivity contribution in [2.24, 2.45) is 0 Å². The monoisotopic (exact) mass is 228 g/mol. The van der Waals surface area contributed by atoms with Gasteiger partial charge in [0.2, 0.25) is 0 Å². The molecule has 1 rings (SSSR count). The average Bonchev–Trinajstić information content (AvgIpc) is 2.23. The van der Waals surface area contributed by atoms with Crippen molar-refractivity contribution in [3.63, 3.8) is 0 Å². The first-order valence-electron chi connectivity index (χ1n) is 6.65. The molecule has 1 aliphatic heterocycles. The van der Waals surface area contributed by atoms with Gasteiger partial charge in [0.05, 0.1) is 6.10 Å². The van der Waals surface area contributed by atoms with Crippen LogP contribution in [0.1, 0.15) is 46.5 Å². The van der Waals surface area contributed by atoms with Gasteiger partial charge in [-0.1, -0.05) is 0 Å². The highest BCUT2D eigenvalue weighted by molar-refractivity contribution is 4.71. The maximum atomic E-state index is 5.68. The maximum Gasteiger partial charge on any atom is 0.0587 e. The fraction of sp³-hybridized carbons (Fsp3) is 1.00. The summed E-state index contributed by atoms with van der Waals surface area (Å²) in [5.74, 6) is 0. The molecule has 3 nitrogen and oxygen atoms in total. The van der Waals surface area contributed by atoms with Crippen molar-refractivity contribution in [1.82, 2.24) is 10.6 Å². The predicted molar refractivity (Wildman–Crippen MR) is 68.8 cm³/mol. The molecule has 1 unspecified atom stereocenters. The standard InChI is InChI=1S/C13H28N2O/c1-13(2,3)15-10-9-14-8-7-12-6-4-5-11-16-12/h12,14-15H,4-11H2,1-3H3. The van der Waals surface area contributed by atoms with E-state index < -0.39 is 0 Å². The van der Waals surface area contributed by atoms with Gasteiger partial charge in [0.25, 0.3) is 0 Å². The lowest BCUT2D eigenvalue weighted by molar-refractivity contribution is 0.0116. The van der Waals surface area contributed by atoms with Gasteiger partial charge >= 0.3 is 0 Å². The van der Waals surface area contributed by atoms with E-state index in [4.69, 9.17) is 4.74 Å². The number of hydrogen-bond donors (Lipinski definition) is 2. The minimum Gasteiger partial charge on any atom is -0.378 e. The Morgan fingerprint density at radius 2 is 1.94 bits per heavy atom. The molecule has 0 spiro atoms. The Labute approximate surface area is 100 Å². The highest BCUT2D eigenvalue weighted by Crippen LogP contribution is 2.14. The summed E-state index contributed by atoms with van der Waals surface area (Å²) in [4.78, 5) is 0. The summed E-state index contributed by atoms with van der Waals surface area (Å²) in [6.07, 6.45) is 5.52. The maximum absolute atomic E-state index is 5.68. The Balaban J connectivity index is 1.87. The van der Waals surface area contributed by atoms with Gasteiger partial charge in [-0.05, 0) is 53.0 Å². The van der Waals surface area contributed by atoms with Gasteiger partial charge in [-0.15, -0.1) is 0 Å². The van der Waals surface area contributed by atoms with E-state index >= 15 is 0 Å². The molecule has 2 N–H and O–H groups in total. The fourth-order valence-electron chi connectivity index (χ4n) is 1.95. The van der Waals surface area contributed by atoms with Gasteiger partial charge in [0, 0.05) is 25.2 Å². The van der Waals surface area contributed by atoms with Crippen molar-refractivity contribution in [3.05, 3.63) is 0 Å². The number of ether oxygens (including phenoxy) is 1. The van der Waals surface area contributed by atoms with Crippen LogP contribution in [0.2, 0.25) is 0 Å². The molecule has 0 aliphatic carbocycles. The zero-order valence-corrected chi connectivity index (χ0v) is 11.1. The minimum absolute atomic E-state index is 0.230. The van der Waals surface area contributed by atoms with Gasteiger partial charge in [-0.25, -0.2) is 0 Å². The molecule has 3 heteroatoms. The molecule has 0 amide bonds. The van der Waals surface area contributed by atoms with Crippen LogP contribution >= 0.6 is 0 Å². The number of nitrogens with one attached hydrogen (secondary N) is 2. The molecular formula is C13H28N2O. The summed E-state index contributed by atoms with van der Waals surface area (Å²) < 4.78 is 5.68. The second-order valence-electron chi connectivity index (χ2n) is 5.70. The molecule has 0 aromatic rings. The van der Waals surface area contributed by atoms with Crippen LogP contribution in [0.5, 0.6) is 0 Å². The Bertz CT molecular complexity index is 171. The lowest BCUT2D eigenvalue weighted by Gasteiger charge is -2.23. The molecule has 0 aromatic carbocycles. The van der Waals surface area contributed by atoms with Crippen LogP contribution in [0.4, 0.5) is 0 Å². The lowest BCUT2D eigenvalue weighted by Crippen LogP contribution is -2.40. The van der Waals surface area contributed by atoms with Crippen molar-refractivity contribution in [1.29, 1.82) is 0 Å². The highest BCUT2D eigenvalue weighted by Gasteiger charge is 2.12. The second-order valence-corrected chi connectivity index (χ2v) is 5.70. The molecule has 1 saturated heterocycles. The Morgan fingerprint density at radius 3 is 2.56 bits per heavy atom. The highest BCUT2D eigenvalue weighted by atomic mass is 16.5. The molecule has 0 radical (unpaired) electrons. The fourth-order valence-corrected chi connectivity index (χ4v) is 1.95. The predicted octanol–water partition coefficient (Wildman–Crippen LogP) is 1.92. The Kier molecular flexibility index (Phi) is 6.32. The van der Waals surface area contributed by atoms with Crippen LogP contribution in [0.25, 0.3) is 0 Å². The lowest BCUT2D eigenvalue weighted by atomic mass is 10.1. The Morgan fingerprint density at radius 1 is 1.12 bits per heavy atom. The first-order valence-corrected chi connectivity index (χ1v) is 6.65. The number of rotatable bonds is 6. The molecule has 1 atom stereocenters.